The van der Waals surface area contributed by atoms with E-state index in [1.165, 1.54) is 9.75 Å². The summed E-state index contributed by atoms with van der Waals surface area (Å²) in [5.74, 6) is 0.950. The van der Waals surface area contributed by atoms with E-state index in [9.17, 15) is 0 Å². The molecule has 1 unspecified atom stereocenters. The smallest absolute Gasteiger partial charge is 0.126 e. The van der Waals surface area contributed by atoms with Gasteiger partial charge in [0.15, 0.2) is 0 Å². The van der Waals surface area contributed by atoms with E-state index < -0.39 is 0 Å². The third-order valence-electron chi connectivity index (χ3n) is 2.28. The van der Waals surface area contributed by atoms with Crippen LogP contribution in [-0.2, 0) is 0 Å². The van der Waals surface area contributed by atoms with Gasteiger partial charge in [0.25, 0.3) is 0 Å². The molecule has 80 valence electrons. The molecule has 0 spiro atoms. The minimum atomic E-state index is 0.148. The molecule has 0 amide bonds. The van der Waals surface area contributed by atoms with Crippen LogP contribution >= 0.6 is 27.3 Å². The van der Waals surface area contributed by atoms with Crippen molar-refractivity contribution in [2.75, 3.05) is 7.05 Å². The van der Waals surface area contributed by atoms with E-state index in [2.05, 4.69) is 34.2 Å². The number of halogens is 1. The second-order valence-electron chi connectivity index (χ2n) is 3.29. The molecule has 0 aliphatic rings. The van der Waals surface area contributed by atoms with Crippen LogP contribution in [0.1, 0.15) is 21.6 Å². The van der Waals surface area contributed by atoms with Crippen LogP contribution in [0.5, 0.6) is 0 Å². The van der Waals surface area contributed by atoms with Crippen LogP contribution in [0.2, 0.25) is 0 Å². The molecule has 0 saturated heterocycles. The maximum atomic E-state index is 5.42. The molecule has 2 rings (SSSR count). The van der Waals surface area contributed by atoms with Crippen LogP contribution in [-0.4, -0.2) is 7.05 Å². The maximum Gasteiger partial charge on any atom is 0.126 e. The molecule has 2 nitrogen and oxygen atoms in total. The first-order valence-corrected chi connectivity index (χ1v) is 6.30. The summed E-state index contributed by atoms with van der Waals surface area (Å²) in [5, 5.41) is 3.26. The van der Waals surface area contributed by atoms with Crippen LogP contribution < -0.4 is 5.32 Å². The van der Waals surface area contributed by atoms with Crippen molar-refractivity contribution in [3.05, 3.63) is 44.4 Å². The van der Waals surface area contributed by atoms with Gasteiger partial charge in [-0.1, -0.05) is 0 Å². The van der Waals surface area contributed by atoms with Crippen molar-refractivity contribution in [3.63, 3.8) is 0 Å². The predicted molar refractivity (Wildman–Crippen MR) is 66.4 cm³/mol. The Bertz CT molecular complexity index is 416. The zero-order valence-corrected chi connectivity index (χ0v) is 11.0. The van der Waals surface area contributed by atoms with Gasteiger partial charge in [-0.05, 0) is 48.1 Å². The van der Waals surface area contributed by atoms with Crippen molar-refractivity contribution >= 4 is 27.3 Å². The van der Waals surface area contributed by atoms with Crippen molar-refractivity contribution < 1.29 is 4.42 Å². The van der Waals surface area contributed by atoms with E-state index in [-0.39, 0.29) is 6.04 Å². The van der Waals surface area contributed by atoms with Gasteiger partial charge >= 0.3 is 0 Å². The molecule has 2 aromatic heterocycles. The summed E-state index contributed by atoms with van der Waals surface area (Å²) in [5.41, 5.74) is 0. The molecule has 1 atom stereocenters. The molecule has 0 aliphatic carbocycles. The van der Waals surface area contributed by atoms with Crippen molar-refractivity contribution in [1.29, 1.82) is 0 Å². The Labute approximate surface area is 101 Å². The Morgan fingerprint density at radius 2 is 2.33 bits per heavy atom. The van der Waals surface area contributed by atoms with Crippen LogP contribution in [0.25, 0.3) is 0 Å². The molecule has 15 heavy (non-hydrogen) atoms. The lowest BCUT2D eigenvalue weighted by Crippen LogP contribution is -2.15. The van der Waals surface area contributed by atoms with Gasteiger partial charge in [0.2, 0.25) is 0 Å². The standard InChI is InChI=1S/C11H12BrNOS/c1-7-8(12)6-10(15-7)11(13-2)9-4-3-5-14-9/h3-6,11,13H,1-2H3. The second-order valence-corrected chi connectivity index (χ2v) is 5.43. The van der Waals surface area contributed by atoms with Crippen LogP contribution in [0.3, 0.4) is 0 Å². The average molecular weight is 286 g/mol. The van der Waals surface area contributed by atoms with E-state index in [0.29, 0.717) is 0 Å². The third-order valence-corrected chi connectivity index (χ3v) is 4.48. The topological polar surface area (TPSA) is 25.2 Å². The average Bonchev–Trinajstić information content (AvgIpc) is 2.80. The van der Waals surface area contributed by atoms with Crippen LogP contribution in [0.4, 0.5) is 0 Å². The molecule has 1 N–H and O–H groups in total. The zero-order valence-electron chi connectivity index (χ0n) is 8.58. The molecule has 0 bridgehead atoms. The Morgan fingerprint density at radius 1 is 1.53 bits per heavy atom. The van der Waals surface area contributed by atoms with Gasteiger partial charge in [-0.25, -0.2) is 0 Å². The molecule has 4 heteroatoms. The first-order valence-electron chi connectivity index (χ1n) is 4.69. The molecule has 0 saturated carbocycles. The zero-order chi connectivity index (χ0) is 10.8. The molecule has 0 aromatic carbocycles. The molecule has 0 aliphatic heterocycles. The number of hydrogen-bond donors (Lipinski definition) is 1. The lowest BCUT2D eigenvalue weighted by atomic mass is 10.2. The predicted octanol–water partition coefficient (Wildman–Crippen LogP) is 3.72. The number of hydrogen-bond acceptors (Lipinski definition) is 3. The Morgan fingerprint density at radius 3 is 2.80 bits per heavy atom. The number of rotatable bonds is 3. The van der Waals surface area contributed by atoms with Gasteiger partial charge in [0, 0.05) is 14.2 Å². The quantitative estimate of drug-likeness (QED) is 0.930. The number of thiophene rings is 1. The summed E-state index contributed by atoms with van der Waals surface area (Å²) < 4.78 is 6.58. The van der Waals surface area contributed by atoms with Crippen molar-refractivity contribution in [2.45, 2.75) is 13.0 Å². The molecular formula is C11H12BrNOS. The van der Waals surface area contributed by atoms with E-state index in [1.54, 1.807) is 17.6 Å². The van der Waals surface area contributed by atoms with Gasteiger partial charge in [-0.2, -0.15) is 0 Å². The highest BCUT2D eigenvalue weighted by Gasteiger charge is 2.17. The summed E-state index contributed by atoms with van der Waals surface area (Å²) in [6.45, 7) is 2.10. The first kappa shape index (κ1) is 10.9. The molecule has 2 aromatic rings. The first-order chi connectivity index (χ1) is 7.22. The molecule has 0 fully saturated rings. The largest absolute Gasteiger partial charge is 0.467 e. The van der Waals surface area contributed by atoms with Crippen molar-refractivity contribution in [1.82, 2.24) is 5.32 Å². The molecular weight excluding hydrogens is 274 g/mol. The molecule has 2 heterocycles. The minimum absolute atomic E-state index is 0.148. The Hall–Kier alpha value is -0.580. The summed E-state index contributed by atoms with van der Waals surface area (Å²) in [6, 6.07) is 6.19. The third kappa shape index (κ3) is 2.17. The second kappa shape index (κ2) is 4.51. The lowest BCUT2D eigenvalue weighted by molar-refractivity contribution is 0.466. The highest BCUT2D eigenvalue weighted by molar-refractivity contribution is 9.10. The number of furan rings is 1. The maximum absolute atomic E-state index is 5.42. The fourth-order valence-corrected chi connectivity index (χ4v) is 3.18. The Kier molecular flexibility index (Phi) is 3.29. The SMILES string of the molecule is CNC(c1ccco1)c1cc(Br)c(C)s1. The number of aryl methyl sites for hydroxylation is 1. The van der Waals surface area contributed by atoms with E-state index in [1.807, 2.05) is 19.2 Å². The summed E-state index contributed by atoms with van der Waals surface area (Å²) in [6.07, 6.45) is 1.70. The highest BCUT2D eigenvalue weighted by atomic mass is 79.9. The molecule has 0 radical (unpaired) electrons. The minimum Gasteiger partial charge on any atom is -0.467 e. The summed E-state index contributed by atoms with van der Waals surface area (Å²) in [4.78, 5) is 2.55. The van der Waals surface area contributed by atoms with Gasteiger partial charge in [-0.15, -0.1) is 11.3 Å². The Balaban J connectivity index is 2.35. The van der Waals surface area contributed by atoms with E-state index in [0.717, 1.165) is 10.2 Å². The summed E-state index contributed by atoms with van der Waals surface area (Å²) in [7, 11) is 1.94. The summed E-state index contributed by atoms with van der Waals surface area (Å²) >= 11 is 5.30. The van der Waals surface area contributed by atoms with Gasteiger partial charge in [-0.3, -0.25) is 0 Å². The highest BCUT2D eigenvalue weighted by Crippen LogP contribution is 2.33. The monoisotopic (exact) mass is 285 g/mol. The van der Waals surface area contributed by atoms with Crippen molar-refractivity contribution in [3.8, 4) is 0 Å². The number of nitrogens with one attached hydrogen (secondary N) is 1. The van der Waals surface area contributed by atoms with E-state index >= 15 is 0 Å². The van der Waals surface area contributed by atoms with E-state index in [4.69, 9.17) is 4.42 Å². The fraction of sp³-hybridized carbons (Fsp3) is 0.273. The lowest BCUT2D eigenvalue weighted by Gasteiger charge is -2.10. The van der Waals surface area contributed by atoms with Crippen molar-refractivity contribution in [2.24, 2.45) is 0 Å². The van der Waals surface area contributed by atoms with Gasteiger partial charge in [0.1, 0.15) is 11.8 Å². The fourth-order valence-electron chi connectivity index (χ4n) is 1.50. The van der Waals surface area contributed by atoms with Gasteiger partial charge in [0.05, 0.1) is 6.26 Å². The van der Waals surface area contributed by atoms with Crippen LogP contribution in [0, 0.1) is 6.92 Å². The van der Waals surface area contributed by atoms with Gasteiger partial charge < -0.3 is 9.73 Å². The van der Waals surface area contributed by atoms with Crippen LogP contribution in [0.15, 0.2) is 33.4 Å². The normalized spacial score (nSPS) is 13.0.